The molecule has 1 unspecified atom stereocenters. The number of hydrogen-bond donors (Lipinski definition) is 2. The number of guanidine groups is 1. The predicted octanol–water partition coefficient (Wildman–Crippen LogP) is 3.03. The topological polar surface area (TPSA) is 54.2 Å². The van der Waals surface area contributed by atoms with E-state index < -0.39 is 0 Å². The van der Waals surface area contributed by atoms with Crippen LogP contribution in [0.2, 0.25) is 0 Å². The Labute approximate surface area is 167 Å². The monoisotopic (exact) mass is 453 g/mol. The Morgan fingerprint density at radius 3 is 2.60 bits per heavy atom. The minimum atomic E-state index is 0. The first-order chi connectivity index (χ1) is 11.7. The van der Waals surface area contributed by atoms with Crippen LogP contribution in [0.4, 0.5) is 0 Å². The Kier molecular flexibility index (Phi) is 7.28. The van der Waals surface area contributed by atoms with Gasteiger partial charge >= 0.3 is 0 Å². The molecule has 2 N–H and O–H groups in total. The summed E-state index contributed by atoms with van der Waals surface area (Å²) < 4.78 is 1.97. The summed E-state index contributed by atoms with van der Waals surface area (Å²) >= 11 is 0. The minimum Gasteiger partial charge on any atom is -0.356 e. The first-order valence-corrected chi connectivity index (χ1v) is 8.69. The van der Waals surface area contributed by atoms with E-state index in [4.69, 9.17) is 0 Å². The highest BCUT2D eigenvalue weighted by atomic mass is 127. The van der Waals surface area contributed by atoms with Crippen molar-refractivity contribution in [2.24, 2.45) is 10.9 Å². The molecule has 5 nitrogen and oxygen atoms in total. The average molecular weight is 453 g/mol. The third-order valence-corrected chi connectivity index (χ3v) is 4.73. The van der Waals surface area contributed by atoms with Gasteiger partial charge < -0.3 is 10.6 Å². The second kappa shape index (κ2) is 9.22. The number of benzene rings is 1. The maximum absolute atomic E-state index is 4.35. The molecule has 0 bridgehead atoms. The molecule has 1 atom stereocenters. The molecule has 0 radical (unpaired) electrons. The van der Waals surface area contributed by atoms with Crippen LogP contribution >= 0.6 is 24.0 Å². The Bertz CT molecular complexity index is 650. The van der Waals surface area contributed by atoms with Crippen LogP contribution in [-0.4, -0.2) is 35.9 Å². The SMILES string of the molecule is CN=C(NCC(C)Cn1cccn1)NCC1(c2ccccc2)CC1.I. The van der Waals surface area contributed by atoms with Crippen LogP contribution in [0.5, 0.6) is 0 Å². The van der Waals surface area contributed by atoms with E-state index in [1.165, 1.54) is 18.4 Å². The summed E-state index contributed by atoms with van der Waals surface area (Å²) in [6.07, 6.45) is 6.31. The molecule has 3 rings (SSSR count). The van der Waals surface area contributed by atoms with Crippen LogP contribution in [0, 0.1) is 5.92 Å². The van der Waals surface area contributed by atoms with Crippen LogP contribution in [-0.2, 0) is 12.0 Å². The van der Waals surface area contributed by atoms with Gasteiger partial charge in [0.05, 0.1) is 0 Å². The van der Waals surface area contributed by atoms with Gasteiger partial charge in [-0.2, -0.15) is 5.10 Å². The van der Waals surface area contributed by atoms with E-state index in [0.717, 1.165) is 25.6 Å². The van der Waals surface area contributed by atoms with Crippen molar-refractivity contribution in [3.63, 3.8) is 0 Å². The number of nitrogens with zero attached hydrogens (tertiary/aromatic N) is 3. The van der Waals surface area contributed by atoms with Gasteiger partial charge in [-0.15, -0.1) is 24.0 Å². The quantitative estimate of drug-likeness (QED) is 0.385. The third-order valence-electron chi connectivity index (χ3n) is 4.73. The summed E-state index contributed by atoms with van der Waals surface area (Å²) in [5.41, 5.74) is 1.72. The lowest BCUT2D eigenvalue weighted by molar-refractivity contribution is 0.443. The number of halogens is 1. The van der Waals surface area contributed by atoms with Gasteiger partial charge in [0, 0.05) is 44.5 Å². The zero-order valence-electron chi connectivity index (χ0n) is 15.0. The Hall–Kier alpha value is -1.57. The molecule has 0 amide bonds. The first kappa shape index (κ1) is 19.8. The molecular formula is C19H28IN5. The molecule has 1 aliphatic rings. The van der Waals surface area contributed by atoms with E-state index in [1.54, 1.807) is 0 Å². The molecule has 6 heteroatoms. The molecule has 1 aromatic heterocycles. The Balaban J connectivity index is 0.00000225. The van der Waals surface area contributed by atoms with Crippen LogP contribution in [0.25, 0.3) is 0 Å². The Morgan fingerprint density at radius 2 is 2.00 bits per heavy atom. The molecule has 0 spiro atoms. The summed E-state index contributed by atoms with van der Waals surface area (Å²) in [6, 6.07) is 12.8. The van der Waals surface area contributed by atoms with Crippen molar-refractivity contribution in [1.29, 1.82) is 0 Å². The number of aromatic nitrogens is 2. The van der Waals surface area contributed by atoms with Gasteiger partial charge in [-0.1, -0.05) is 37.3 Å². The van der Waals surface area contributed by atoms with Crippen molar-refractivity contribution in [2.45, 2.75) is 31.7 Å². The van der Waals surface area contributed by atoms with E-state index >= 15 is 0 Å². The predicted molar refractivity (Wildman–Crippen MR) is 114 cm³/mol. The molecule has 0 aliphatic heterocycles. The lowest BCUT2D eigenvalue weighted by Gasteiger charge is -2.20. The third kappa shape index (κ3) is 5.45. The lowest BCUT2D eigenvalue weighted by atomic mass is 9.96. The second-order valence-corrected chi connectivity index (χ2v) is 6.79. The fourth-order valence-electron chi connectivity index (χ4n) is 3.05. The number of aliphatic imine (C=N–C) groups is 1. The average Bonchev–Trinajstić information content (AvgIpc) is 3.24. The van der Waals surface area contributed by atoms with E-state index in [0.29, 0.717) is 11.3 Å². The smallest absolute Gasteiger partial charge is 0.191 e. The normalized spacial score (nSPS) is 16.6. The number of nitrogens with one attached hydrogen (secondary N) is 2. The lowest BCUT2D eigenvalue weighted by Crippen LogP contribution is -2.43. The van der Waals surface area contributed by atoms with Crippen molar-refractivity contribution < 1.29 is 0 Å². The summed E-state index contributed by atoms with van der Waals surface area (Å²) in [5, 5.41) is 11.2. The van der Waals surface area contributed by atoms with E-state index in [1.807, 2.05) is 30.2 Å². The van der Waals surface area contributed by atoms with Gasteiger partial charge in [0.2, 0.25) is 0 Å². The molecule has 25 heavy (non-hydrogen) atoms. The molecule has 136 valence electrons. The Morgan fingerprint density at radius 1 is 1.24 bits per heavy atom. The van der Waals surface area contributed by atoms with Crippen LogP contribution in [0.1, 0.15) is 25.3 Å². The summed E-state index contributed by atoms with van der Waals surface area (Å²) in [5.74, 6) is 1.36. The van der Waals surface area contributed by atoms with Crippen LogP contribution in [0.15, 0.2) is 53.8 Å². The van der Waals surface area contributed by atoms with Crippen molar-refractivity contribution >= 4 is 29.9 Å². The molecule has 2 aromatic rings. The number of rotatable bonds is 7. The fraction of sp³-hybridized carbons (Fsp3) is 0.474. The first-order valence-electron chi connectivity index (χ1n) is 8.69. The zero-order valence-corrected chi connectivity index (χ0v) is 17.3. The van der Waals surface area contributed by atoms with Crippen LogP contribution < -0.4 is 10.6 Å². The maximum atomic E-state index is 4.35. The van der Waals surface area contributed by atoms with Crippen LogP contribution in [0.3, 0.4) is 0 Å². The second-order valence-electron chi connectivity index (χ2n) is 6.79. The van der Waals surface area contributed by atoms with Crippen molar-refractivity contribution in [1.82, 2.24) is 20.4 Å². The van der Waals surface area contributed by atoms with E-state index in [9.17, 15) is 0 Å². The zero-order chi connectivity index (χ0) is 16.8. The summed E-state index contributed by atoms with van der Waals surface area (Å²) in [7, 11) is 1.83. The van der Waals surface area contributed by atoms with E-state index in [2.05, 4.69) is 58.0 Å². The molecule has 1 saturated carbocycles. The van der Waals surface area contributed by atoms with Gasteiger partial charge in [0.1, 0.15) is 0 Å². The molecule has 1 aromatic carbocycles. The minimum absolute atomic E-state index is 0. The fourth-order valence-corrected chi connectivity index (χ4v) is 3.05. The maximum Gasteiger partial charge on any atom is 0.191 e. The highest BCUT2D eigenvalue weighted by molar-refractivity contribution is 14.0. The van der Waals surface area contributed by atoms with Gasteiger partial charge in [-0.3, -0.25) is 9.67 Å². The number of hydrogen-bond acceptors (Lipinski definition) is 2. The van der Waals surface area contributed by atoms with Crippen molar-refractivity contribution in [3.05, 3.63) is 54.4 Å². The van der Waals surface area contributed by atoms with Crippen molar-refractivity contribution in [3.8, 4) is 0 Å². The van der Waals surface area contributed by atoms with Gasteiger partial charge in [-0.25, -0.2) is 0 Å². The highest BCUT2D eigenvalue weighted by Gasteiger charge is 2.43. The van der Waals surface area contributed by atoms with E-state index in [-0.39, 0.29) is 24.0 Å². The van der Waals surface area contributed by atoms with Gasteiger partial charge in [0.15, 0.2) is 5.96 Å². The van der Waals surface area contributed by atoms with Gasteiger partial charge in [-0.05, 0) is 30.4 Å². The molecule has 1 fully saturated rings. The molecule has 0 saturated heterocycles. The molecular weight excluding hydrogens is 425 g/mol. The molecule has 1 heterocycles. The van der Waals surface area contributed by atoms with Gasteiger partial charge in [0.25, 0.3) is 0 Å². The standard InChI is InChI=1S/C19H27N5.HI/c1-16(14-24-12-6-11-23-24)13-21-18(20-2)22-15-19(9-10-19)17-7-4-3-5-8-17;/h3-8,11-12,16H,9-10,13-15H2,1-2H3,(H2,20,21,22);1H. The summed E-state index contributed by atoms with van der Waals surface area (Å²) in [6.45, 7) is 4.93. The summed E-state index contributed by atoms with van der Waals surface area (Å²) in [4.78, 5) is 4.35. The molecule has 1 aliphatic carbocycles. The largest absolute Gasteiger partial charge is 0.356 e. The van der Waals surface area contributed by atoms with Crippen molar-refractivity contribution in [2.75, 3.05) is 20.1 Å². The highest BCUT2D eigenvalue weighted by Crippen LogP contribution is 2.47.